The minimum Gasteiger partial charge on any atom is -0.496 e. The maximum atomic E-state index is 6.69. The third-order valence-corrected chi connectivity index (χ3v) is 4.93. The molecule has 18 heavy (non-hydrogen) atoms. The molecule has 0 saturated heterocycles. The number of benzene rings is 1. The summed E-state index contributed by atoms with van der Waals surface area (Å²) < 4.78 is 6.76. The van der Waals surface area contributed by atoms with E-state index in [-0.39, 0.29) is 5.54 Å². The van der Waals surface area contributed by atoms with Gasteiger partial charge in [0.2, 0.25) is 0 Å². The monoisotopic (exact) mass is 311 g/mol. The van der Waals surface area contributed by atoms with Crippen LogP contribution in [-0.4, -0.2) is 7.11 Å². The van der Waals surface area contributed by atoms with Crippen molar-refractivity contribution in [1.29, 1.82) is 0 Å². The highest BCUT2D eigenvalue weighted by Crippen LogP contribution is 2.44. The highest BCUT2D eigenvalue weighted by molar-refractivity contribution is 9.10. The van der Waals surface area contributed by atoms with Crippen molar-refractivity contribution < 1.29 is 4.74 Å². The van der Waals surface area contributed by atoms with Crippen LogP contribution in [0.25, 0.3) is 0 Å². The van der Waals surface area contributed by atoms with Gasteiger partial charge in [-0.1, -0.05) is 35.2 Å². The Morgan fingerprint density at radius 1 is 1.22 bits per heavy atom. The number of methoxy groups -OCH3 is 1. The Balaban J connectivity index is 2.60. The van der Waals surface area contributed by atoms with Crippen molar-refractivity contribution in [3.05, 3.63) is 27.2 Å². The third kappa shape index (κ3) is 2.30. The largest absolute Gasteiger partial charge is 0.496 e. The van der Waals surface area contributed by atoms with Crippen molar-refractivity contribution in [2.24, 2.45) is 5.73 Å². The summed E-state index contributed by atoms with van der Waals surface area (Å²) in [6, 6.07) is 2.11. The second-order valence-electron chi connectivity index (χ2n) is 5.43. The number of ether oxygens (including phenoxy) is 1. The molecule has 0 heterocycles. The highest BCUT2D eigenvalue weighted by Gasteiger charge is 2.34. The maximum absolute atomic E-state index is 6.69. The molecule has 2 rings (SSSR count). The van der Waals surface area contributed by atoms with E-state index in [1.165, 1.54) is 30.4 Å². The van der Waals surface area contributed by atoms with Crippen molar-refractivity contribution in [3.63, 3.8) is 0 Å². The molecule has 1 aromatic carbocycles. The van der Waals surface area contributed by atoms with Gasteiger partial charge in [-0.25, -0.2) is 0 Å². The van der Waals surface area contributed by atoms with Crippen molar-refractivity contribution in [2.45, 2.75) is 51.5 Å². The zero-order valence-electron chi connectivity index (χ0n) is 11.5. The van der Waals surface area contributed by atoms with Crippen LogP contribution in [0.1, 0.15) is 48.8 Å². The standard InChI is InChI=1S/C15H22BrNO/c1-10-9-12(16)11(2)13(14(10)18-3)15(17)7-5-4-6-8-15/h9H,4-8,17H2,1-3H3. The lowest BCUT2D eigenvalue weighted by atomic mass is 9.75. The van der Waals surface area contributed by atoms with Gasteiger partial charge in [0.05, 0.1) is 7.11 Å². The molecule has 1 aliphatic carbocycles. The molecule has 3 heteroatoms. The Bertz CT molecular complexity index is 450. The average Bonchev–Trinajstić information content (AvgIpc) is 2.34. The van der Waals surface area contributed by atoms with Gasteiger partial charge >= 0.3 is 0 Å². The summed E-state index contributed by atoms with van der Waals surface area (Å²) in [4.78, 5) is 0. The van der Waals surface area contributed by atoms with Crippen LogP contribution < -0.4 is 10.5 Å². The summed E-state index contributed by atoms with van der Waals surface area (Å²) in [6.07, 6.45) is 5.84. The molecule has 0 aromatic heterocycles. The van der Waals surface area contributed by atoms with Crippen LogP contribution >= 0.6 is 15.9 Å². The first-order valence-electron chi connectivity index (χ1n) is 6.62. The summed E-state index contributed by atoms with van der Waals surface area (Å²) in [6.45, 7) is 4.21. The van der Waals surface area contributed by atoms with E-state index in [9.17, 15) is 0 Å². The minimum atomic E-state index is -0.220. The van der Waals surface area contributed by atoms with E-state index in [4.69, 9.17) is 10.5 Å². The Labute approximate surface area is 118 Å². The van der Waals surface area contributed by atoms with Crippen LogP contribution in [0.5, 0.6) is 5.75 Å². The van der Waals surface area contributed by atoms with Crippen LogP contribution in [0.15, 0.2) is 10.5 Å². The minimum absolute atomic E-state index is 0.220. The Kier molecular flexibility index (Phi) is 4.02. The molecule has 0 radical (unpaired) electrons. The second-order valence-corrected chi connectivity index (χ2v) is 6.28. The predicted molar refractivity (Wildman–Crippen MR) is 79.1 cm³/mol. The van der Waals surface area contributed by atoms with E-state index in [0.717, 1.165) is 28.6 Å². The third-order valence-electron chi connectivity index (χ3n) is 4.11. The quantitative estimate of drug-likeness (QED) is 0.888. The zero-order chi connectivity index (χ0) is 13.3. The summed E-state index contributed by atoms with van der Waals surface area (Å²) in [5.74, 6) is 0.972. The van der Waals surface area contributed by atoms with Crippen molar-refractivity contribution in [1.82, 2.24) is 0 Å². The lowest BCUT2D eigenvalue weighted by Crippen LogP contribution is -2.39. The Morgan fingerprint density at radius 2 is 1.83 bits per heavy atom. The molecular weight excluding hydrogens is 290 g/mol. The summed E-state index contributed by atoms with van der Waals surface area (Å²) in [5.41, 5.74) is 10.1. The number of hydrogen-bond acceptors (Lipinski definition) is 2. The van der Waals surface area contributed by atoms with E-state index in [2.05, 4.69) is 35.8 Å². The van der Waals surface area contributed by atoms with Crippen LogP contribution in [0.2, 0.25) is 0 Å². The zero-order valence-corrected chi connectivity index (χ0v) is 13.1. The van der Waals surface area contributed by atoms with Gasteiger partial charge in [0.15, 0.2) is 0 Å². The Morgan fingerprint density at radius 3 is 2.39 bits per heavy atom. The Hall–Kier alpha value is -0.540. The van der Waals surface area contributed by atoms with E-state index in [1.54, 1.807) is 7.11 Å². The van der Waals surface area contributed by atoms with Crippen LogP contribution in [0.3, 0.4) is 0 Å². The first-order valence-corrected chi connectivity index (χ1v) is 7.42. The highest BCUT2D eigenvalue weighted by atomic mass is 79.9. The fraction of sp³-hybridized carbons (Fsp3) is 0.600. The smallest absolute Gasteiger partial charge is 0.127 e. The SMILES string of the molecule is COc1c(C)cc(Br)c(C)c1C1(N)CCCCC1. The molecule has 0 unspecified atom stereocenters. The molecule has 1 saturated carbocycles. The van der Waals surface area contributed by atoms with Crippen LogP contribution in [0.4, 0.5) is 0 Å². The number of aryl methyl sites for hydroxylation is 1. The molecule has 2 nitrogen and oxygen atoms in total. The number of rotatable bonds is 2. The first kappa shape index (κ1) is 13.9. The van der Waals surface area contributed by atoms with Crippen molar-refractivity contribution in [3.8, 4) is 5.75 Å². The topological polar surface area (TPSA) is 35.2 Å². The van der Waals surface area contributed by atoms with Gasteiger partial charge < -0.3 is 10.5 Å². The molecule has 0 aliphatic heterocycles. The second kappa shape index (κ2) is 5.22. The van der Waals surface area contributed by atoms with Crippen LogP contribution in [-0.2, 0) is 5.54 Å². The van der Waals surface area contributed by atoms with Gasteiger partial charge in [0.25, 0.3) is 0 Å². The maximum Gasteiger partial charge on any atom is 0.127 e. The normalized spacial score (nSPS) is 18.7. The number of halogens is 1. The lowest BCUT2D eigenvalue weighted by molar-refractivity contribution is 0.287. The molecule has 2 N–H and O–H groups in total. The molecule has 0 spiro atoms. The van der Waals surface area contributed by atoms with Crippen LogP contribution in [0, 0.1) is 13.8 Å². The molecule has 100 valence electrons. The van der Waals surface area contributed by atoms with Crippen molar-refractivity contribution >= 4 is 15.9 Å². The average molecular weight is 312 g/mol. The molecule has 0 amide bonds. The van der Waals surface area contributed by atoms with Gasteiger partial charge in [-0.15, -0.1) is 0 Å². The summed E-state index contributed by atoms with van der Waals surface area (Å²) >= 11 is 3.64. The molecule has 0 bridgehead atoms. The number of hydrogen-bond donors (Lipinski definition) is 1. The molecule has 1 aliphatic rings. The summed E-state index contributed by atoms with van der Waals surface area (Å²) in [5, 5.41) is 0. The molecular formula is C15H22BrNO. The first-order chi connectivity index (χ1) is 8.49. The fourth-order valence-corrected chi connectivity index (χ4v) is 3.69. The van der Waals surface area contributed by atoms with E-state index in [0.29, 0.717) is 0 Å². The fourth-order valence-electron chi connectivity index (χ4n) is 3.15. The van der Waals surface area contributed by atoms with E-state index < -0.39 is 0 Å². The molecule has 0 atom stereocenters. The van der Waals surface area contributed by atoms with Gasteiger partial charge in [-0.2, -0.15) is 0 Å². The van der Waals surface area contributed by atoms with Gasteiger partial charge in [0, 0.05) is 15.6 Å². The predicted octanol–water partition coefficient (Wildman–Crippen LogP) is 4.19. The lowest BCUT2D eigenvalue weighted by Gasteiger charge is -2.37. The van der Waals surface area contributed by atoms with E-state index >= 15 is 0 Å². The number of nitrogens with two attached hydrogens (primary N) is 1. The van der Waals surface area contributed by atoms with Gasteiger partial charge in [-0.05, 0) is 43.9 Å². The van der Waals surface area contributed by atoms with E-state index in [1.807, 2.05) is 0 Å². The van der Waals surface area contributed by atoms with Gasteiger partial charge in [0.1, 0.15) is 5.75 Å². The van der Waals surface area contributed by atoms with Crippen molar-refractivity contribution in [2.75, 3.05) is 7.11 Å². The molecule has 1 fully saturated rings. The molecule has 1 aromatic rings. The summed E-state index contributed by atoms with van der Waals surface area (Å²) in [7, 11) is 1.74. The van der Waals surface area contributed by atoms with Gasteiger partial charge in [-0.3, -0.25) is 0 Å².